The largest absolute Gasteiger partial charge is 0.496 e. The van der Waals surface area contributed by atoms with Crippen molar-refractivity contribution in [2.45, 2.75) is 6.54 Å². The Hall–Kier alpha value is -2.15. The first-order valence-electron chi connectivity index (χ1n) is 6.01. The van der Waals surface area contributed by atoms with Gasteiger partial charge in [-0.15, -0.1) is 0 Å². The highest BCUT2D eigenvalue weighted by Gasteiger charge is 2.15. The number of anilines is 1. The molecule has 21 heavy (non-hydrogen) atoms. The van der Waals surface area contributed by atoms with Gasteiger partial charge in [-0.2, -0.15) is 0 Å². The molecule has 2 rings (SSSR count). The molecule has 0 amide bonds. The molecule has 0 fully saturated rings. The summed E-state index contributed by atoms with van der Waals surface area (Å²) in [7, 11) is 1.44. The Morgan fingerprint density at radius 2 is 2.10 bits per heavy atom. The van der Waals surface area contributed by atoms with Gasteiger partial charge >= 0.3 is 0 Å². The molecule has 0 radical (unpaired) electrons. The van der Waals surface area contributed by atoms with E-state index in [2.05, 4.69) is 21.2 Å². The Bertz CT molecular complexity index is 679. The van der Waals surface area contributed by atoms with Crippen LogP contribution in [0.4, 0.5) is 15.8 Å². The average Bonchev–Trinajstić information content (AvgIpc) is 2.48. The lowest BCUT2D eigenvalue weighted by Gasteiger charge is -2.10. The van der Waals surface area contributed by atoms with E-state index in [9.17, 15) is 14.5 Å². The van der Waals surface area contributed by atoms with Crippen molar-refractivity contribution < 1.29 is 14.1 Å². The molecule has 0 atom stereocenters. The second-order valence-electron chi connectivity index (χ2n) is 4.23. The first kappa shape index (κ1) is 15.2. The van der Waals surface area contributed by atoms with Gasteiger partial charge in [0, 0.05) is 11.0 Å². The Kier molecular flexibility index (Phi) is 4.74. The topological polar surface area (TPSA) is 64.4 Å². The number of nitrogens with zero attached hydrogens (tertiary/aromatic N) is 1. The fourth-order valence-corrected chi connectivity index (χ4v) is 2.20. The molecule has 1 N–H and O–H groups in total. The normalized spacial score (nSPS) is 10.2. The number of nitro groups is 1. The molecule has 0 aliphatic heterocycles. The van der Waals surface area contributed by atoms with Gasteiger partial charge in [0.2, 0.25) is 0 Å². The lowest BCUT2D eigenvalue weighted by Crippen LogP contribution is -2.04. The van der Waals surface area contributed by atoms with Gasteiger partial charge in [0.1, 0.15) is 17.3 Å². The lowest BCUT2D eigenvalue weighted by atomic mass is 10.2. The third-order valence-corrected chi connectivity index (χ3v) is 3.65. The van der Waals surface area contributed by atoms with Gasteiger partial charge in [0.05, 0.1) is 18.1 Å². The maximum Gasteiger partial charge on any atom is 0.296 e. The first-order valence-corrected chi connectivity index (χ1v) is 6.81. The number of ether oxygens (including phenoxy) is 1. The monoisotopic (exact) mass is 354 g/mol. The fraction of sp³-hybridized carbons (Fsp3) is 0.143. The molecule has 0 saturated carbocycles. The zero-order valence-electron chi connectivity index (χ0n) is 11.1. The number of rotatable bonds is 5. The van der Waals surface area contributed by atoms with Crippen LogP contribution in [0.3, 0.4) is 0 Å². The van der Waals surface area contributed by atoms with Crippen LogP contribution < -0.4 is 10.1 Å². The SMILES string of the molecule is COc1ccc(NCc2cc(F)ccc2Br)c([N+](=O)[O-])c1. The van der Waals surface area contributed by atoms with Crippen molar-refractivity contribution in [3.05, 3.63) is 62.4 Å². The highest BCUT2D eigenvalue weighted by Crippen LogP contribution is 2.30. The van der Waals surface area contributed by atoms with Crippen LogP contribution in [0.15, 0.2) is 40.9 Å². The molecule has 0 aliphatic carbocycles. The van der Waals surface area contributed by atoms with Crippen molar-refractivity contribution in [2.75, 3.05) is 12.4 Å². The molecule has 0 unspecified atom stereocenters. The van der Waals surface area contributed by atoms with Crippen LogP contribution in [0.5, 0.6) is 5.75 Å². The third-order valence-electron chi connectivity index (χ3n) is 2.88. The van der Waals surface area contributed by atoms with Crippen LogP contribution in [-0.2, 0) is 6.54 Å². The van der Waals surface area contributed by atoms with E-state index in [1.807, 2.05) is 0 Å². The summed E-state index contributed by atoms with van der Waals surface area (Å²) in [6.07, 6.45) is 0. The molecule has 5 nitrogen and oxygen atoms in total. The standard InChI is InChI=1S/C14H12BrFN2O3/c1-21-11-3-5-13(14(7-11)18(19)20)17-8-9-6-10(16)2-4-12(9)15/h2-7,17H,8H2,1H3. The summed E-state index contributed by atoms with van der Waals surface area (Å²) in [5.74, 6) is 0.0402. The number of nitro benzene ring substituents is 1. The van der Waals surface area contributed by atoms with E-state index in [0.717, 1.165) is 4.47 Å². The van der Waals surface area contributed by atoms with E-state index in [-0.39, 0.29) is 18.0 Å². The Balaban J connectivity index is 2.23. The molecule has 0 heterocycles. The van der Waals surface area contributed by atoms with Gasteiger partial charge in [-0.1, -0.05) is 15.9 Å². The zero-order chi connectivity index (χ0) is 15.4. The molecule has 2 aromatic carbocycles. The number of halogens is 2. The molecule has 0 aromatic heterocycles. The Labute approximate surface area is 129 Å². The minimum Gasteiger partial charge on any atom is -0.496 e. The third kappa shape index (κ3) is 3.69. The first-order chi connectivity index (χ1) is 10.0. The second-order valence-corrected chi connectivity index (χ2v) is 5.08. The minimum absolute atomic E-state index is 0.0955. The van der Waals surface area contributed by atoms with Crippen molar-refractivity contribution in [2.24, 2.45) is 0 Å². The Morgan fingerprint density at radius 1 is 1.33 bits per heavy atom. The van der Waals surface area contributed by atoms with Crippen LogP contribution in [0.1, 0.15) is 5.56 Å². The van der Waals surface area contributed by atoms with Crippen LogP contribution in [0.2, 0.25) is 0 Å². The van der Waals surface area contributed by atoms with E-state index in [1.165, 1.54) is 25.3 Å². The molecule has 0 spiro atoms. The summed E-state index contributed by atoms with van der Waals surface area (Å²) in [4.78, 5) is 10.6. The smallest absolute Gasteiger partial charge is 0.296 e. The molecule has 110 valence electrons. The van der Waals surface area contributed by atoms with Crippen molar-refractivity contribution in [3.63, 3.8) is 0 Å². The highest BCUT2D eigenvalue weighted by molar-refractivity contribution is 9.10. The lowest BCUT2D eigenvalue weighted by molar-refractivity contribution is -0.384. The predicted octanol–water partition coefficient (Wildman–Crippen LogP) is 4.12. The quantitative estimate of drug-likeness (QED) is 0.647. The second kappa shape index (κ2) is 6.53. The molecule has 0 saturated heterocycles. The van der Waals surface area contributed by atoms with Crippen molar-refractivity contribution in [1.29, 1.82) is 0 Å². The molecule has 2 aromatic rings. The summed E-state index contributed by atoms with van der Waals surface area (Å²) in [6.45, 7) is 0.255. The number of benzene rings is 2. The fourth-order valence-electron chi connectivity index (χ4n) is 1.81. The highest BCUT2D eigenvalue weighted by atomic mass is 79.9. The summed E-state index contributed by atoms with van der Waals surface area (Å²) < 4.78 is 18.9. The maximum atomic E-state index is 13.2. The number of methoxy groups -OCH3 is 1. The predicted molar refractivity (Wildman–Crippen MR) is 81.1 cm³/mol. The number of nitrogens with one attached hydrogen (secondary N) is 1. The van der Waals surface area contributed by atoms with Crippen LogP contribution in [-0.4, -0.2) is 12.0 Å². The molecule has 0 aliphatic rings. The van der Waals surface area contributed by atoms with Crippen molar-refractivity contribution >= 4 is 27.3 Å². The zero-order valence-corrected chi connectivity index (χ0v) is 12.7. The molecular weight excluding hydrogens is 343 g/mol. The minimum atomic E-state index is -0.495. The van der Waals surface area contributed by atoms with E-state index in [4.69, 9.17) is 4.74 Å². The number of hydrogen-bond donors (Lipinski definition) is 1. The van der Waals surface area contributed by atoms with Crippen LogP contribution >= 0.6 is 15.9 Å². The van der Waals surface area contributed by atoms with Crippen molar-refractivity contribution in [3.8, 4) is 5.75 Å². The Morgan fingerprint density at radius 3 is 2.76 bits per heavy atom. The molecular formula is C14H12BrFN2O3. The van der Waals surface area contributed by atoms with Gasteiger partial charge in [0.15, 0.2) is 0 Å². The maximum absolute atomic E-state index is 13.2. The van der Waals surface area contributed by atoms with Gasteiger partial charge in [-0.25, -0.2) is 4.39 Å². The van der Waals surface area contributed by atoms with Crippen LogP contribution in [0, 0.1) is 15.9 Å². The van der Waals surface area contributed by atoms with Gasteiger partial charge < -0.3 is 10.1 Å². The molecule has 0 bridgehead atoms. The van der Waals surface area contributed by atoms with E-state index < -0.39 is 4.92 Å². The summed E-state index contributed by atoms with van der Waals surface area (Å²) in [5.41, 5.74) is 0.916. The van der Waals surface area contributed by atoms with Crippen molar-refractivity contribution in [1.82, 2.24) is 0 Å². The van der Waals surface area contributed by atoms with E-state index >= 15 is 0 Å². The van der Waals surface area contributed by atoms with E-state index in [1.54, 1.807) is 18.2 Å². The summed E-state index contributed by atoms with van der Waals surface area (Å²) in [6, 6.07) is 8.81. The average molecular weight is 355 g/mol. The van der Waals surface area contributed by atoms with Gasteiger partial charge in [-0.05, 0) is 35.9 Å². The summed E-state index contributed by atoms with van der Waals surface area (Å²) in [5, 5.41) is 14.0. The van der Waals surface area contributed by atoms with E-state index in [0.29, 0.717) is 17.0 Å². The van der Waals surface area contributed by atoms with Crippen LogP contribution in [0.25, 0.3) is 0 Å². The van der Waals surface area contributed by atoms with Gasteiger partial charge in [0.25, 0.3) is 5.69 Å². The number of hydrogen-bond acceptors (Lipinski definition) is 4. The van der Waals surface area contributed by atoms with Gasteiger partial charge in [-0.3, -0.25) is 10.1 Å². The molecule has 7 heteroatoms. The summed E-state index contributed by atoms with van der Waals surface area (Å²) >= 11 is 3.31.